The van der Waals surface area contributed by atoms with E-state index >= 15 is 0 Å². The molecule has 2 aliphatic rings. The van der Waals surface area contributed by atoms with Gasteiger partial charge in [-0.1, -0.05) is 40.0 Å². The molecule has 1 saturated heterocycles. The highest BCUT2D eigenvalue weighted by atomic mass is 16.7. The Bertz CT molecular complexity index is 337. The summed E-state index contributed by atoms with van der Waals surface area (Å²) in [7, 11) is 0. The summed E-state index contributed by atoms with van der Waals surface area (Å²) in [6.07, 6.45) is 6.28. The third kappa shape index (κ3) is 1.70. The summed E-state index contributed by atoms with van der Waals surface area (Å²) in [5.74, 6) is -0.137. The van der Waals surface area contributed by atoms with E-state index in [1.807, 2.05) is 6.92 Å². The third-order valence-corrected chi connectivity index (χ3v) is 4.84. The minimum Gasteiger partial charge on any atom is -0.464 e. The second-order valence-corrected chi connectivity index (χ2v) is 6.32. The molecule has 2 unspecified atom stereocenters. The summed E-state index contributed by atoms with van der Waals surface area (Å²) in [4.78, 5) is 12.3. The van der Waals surface area contributed by atoms with Crippen LogP contribution in [0.3, 0.4) is 0 Å². The van der Waals surface area contributed by atoms with Crippen LogP contribution in [0.15, 0.2) is 0 Å². The highest BCUT2D eigenvalue weighted by molar-refractivity contribution is 5.85. The summed E-state index contributed by atoms with van der Waals surface area (Å²) < 4.78 is 11.4. The number of hydrogen-bond acceptors (Lipinski definition) is 3. The molecule has 1 aliphatic heterocycles. The molecule has 2 rings (SSSR count). The molecule has 0 bridgehead atoms. The highest BCUT2D eigenvalue weighted by Crippen LogP contribution is 2.66. The van der Waals surface area contributed by atoms with Crippen molar-refractivity contribution in [3.63, 3.8) is 0 Å². The van der Waals surface area contributed by atoms with E-state index in [-0.39, 0.29) is 17.0 Å². The zero-order valence-corrected chi connectivity index (χ0v) is 12.2. The molecular formula is C15H26O3. The molecule has 104 valence electrons. The first-order chi connectivity index (χ1) is 8.46. The summed E-state index contributed by atoms with van der Waals surface area (Å²) >= 11 is 0. The van der Waals surface area contributed by atoms with Gasteiger partial charge in [-0.05, 0) is 31.6 Å². The molecule has 0 radical (unpaired) electrons. The van der Waals surface area contributed by atoms with E-state index < -0.39 is 5.60 Å². The first-order valence-electron chi connectivity index (χ1n) is 7.33. The van der Waals surface area contributed by atoms with Gasteiger partial charge in [0.05, 0.1) is 6.61 Å². The van der Waals surface area contributed by atoms with Crippen LogP contribution in [-0.4, -0.2) is 23.8 Å². The topological polar surface area (TPSA) is 38.8 Å². The van der Waals surface area contributed by atoms with Crippen molar-refractivity contribution in [1.29, 1.82) is 0 Å². The van der Waals surface area contributed by atoms with Gasteiger partial charge in [-0.25, -0.2) is 4.79 Å². The van der Waals surface area contributed by atoms with Crippen molar-refractivity contribution >= 4 is 5.97 Å². The fourth-order valence-electron chi connectivity index (χ4n) is 3.85. The third-order valence-electron chi connectivity index (χ3n) is 4.84. The van der Waals surface area contributed by atoms with E-state index in [1.165, 1.54) is 6.42 Å². The van der Waals surface area contributed by atoms with Gasteiger partial charge in [0.25, 0.3) is 0 Å². The van der Waals surface area contributed by atoms with Crippen LogP contribution >= 0.6 is 0 Å². The summed E-state index contributed by atoms with van der Waals surface area (Å²) in [6.45, 7) is 8.88. The summed E-state index contributed by atoms with van der Waals surface area (Å²) in [5.41, 5.74) is -0.838. The number of carbonyl (C=O) groups is 1. The summed E-state index contributed by atoms with van der Waals surface area (Å²) in [6, 6.07) is 0. The molecule has 0 amide bonds. The molecule has 1 heterocycles. The Morgan fingerprint density at radius 3 is 2.44 bits per heavy atom. The van der Waals surface area contributed by atoms with Crippen LogP contribution in [0.5, 0.6) is 0 Å². The van der Waals surface area contributed by atoms with Crippen LogP contribution in [0.4, 0.5) is 0 Å². The minimum atomic E-state index is -0.651. The molecule has 2 fully saturated rings. The molecule has 2 atom stereocenters. The lowest BCUT2D eigenvalue weighted by Gasteiger charge is -2.38. The maximum atomic E-state index is 12.3. The minimum absolute atomic E-state index is 0.0766. The van der Waals surface area contributed by atoms with Crippen LogP contribution in [-0.2, 0) is 14.3 Å². The van der Waals surface area contributed by atoms with Crippen molar-refractivity contribution in [1.82, 2.24) is 0 Å². The number of carbonyl (C=O) groups excluding carboxylic acids is 1. The Kier molecular flexibility index (Phi) is 3.48. The second kappa shape index (κ2) is 4.52. The number of rotatable bonds is 4. The van der Waals surface area contributed by atoms with Crippen molar-refractivity contribution in [2.75, 3.05) is 6.61 Å². The second-order valence-electron chi connectivity index (χ2n) is 6.32. The molecule has 0 N–H and O–H groups in total. The molecule has 1 aliphatic carbocycles. The van der Waals surface area contributed by atoms with Gasteiger partial charge in [-0.2, -0.15) is 0 Å². The molecule has 3 nitrogen and oxygen atoms in total. The Morgan fingerprint density at radius 2 is 1.89 bits per heavy atom. The predicted octanol–water partition coefficient (Wildman–Crippen LogP) is 3.46. The smallest absolute Gasteiger partial charge is 0.341 e. The molecule has 3 heteroatoms. The molecule has 0 aromatic heterocycles. The molecule has 1 spiro atoms. The first kappa shape index (κ1) is 13.9. The Balaban J connectivity index is 2.27. The molecular weight excluding hydrogens is 228 g/mol. The quantitative estimate of drug-likeness (QED) is 0.569. The van der Waals surface area contributed by atoms with Gasteiger partial charge in [0.15, 0.2) is 5.60 Å². The lowest BCUT2D eigenvalue weighted by molar-refractivity contribution is -0.150. The van der Waals surface area contributed by atoms with Crippen molar-refractivity contribution in [2.24, 2.45) is 5.41 Å². The van der Waals surface area contributed by atoms with E-state index in [2.05, 4.69) is 20.8 Å². The fourth-order valence-corrected chi connectivity index (χ4v) is 3.85. The normalized spacial score (nSPS) is 37.6. The van der Waals surface area contributed by atoms with E-state index in [9.17, 15) is 4.79 Å². The Labute approximate surface area is 110 Å². The van der Waals surface area contributed by atoms with E-state index in [0.29, 0.717) is 6.61 Å². The molecule has 1 saturated carbocycles. The van der Waals surface area contributed by atoms with Crippen LogP contribution < -0.4 is 0 Å². The van der Waals surface area contributed by atoms with E-state index in [4.69, 9.17) is 9.47 Å². The molecule has 0 aromatic rings. The van der Waals surface area contributed by atoms with Crippen LogP contribution in [0.25, 0.3) is 0 Å². The van der Waals surface area contributed by atoms with Gasteiger partial charge in [0.1, 0.15) is 5.60 Å². The van der Waals surface area contributed by atoms with Crippen molar-refractivity contribution in [3.8, 4) is 0 Å². The molecule has 0 aromatic carbocycles. The van der Waals surface area contributed by atoms with Crippen molar-refractivity contribution < 1.29 is 14.3 Å². The SMILES string of the molecule is CCCC1(C(=O)OCC)OC12CCCCC2(C)C. The maximum Gasteiger partial charge on any atom is 0.341 e. The van der Waals surface area contributed by atoms with E-state index in [1.54, 1.807) is 0 Å². The van der Waals surface area contributed by atoms with Gasteiger partial charge in [0.2, 0.25) is 0 Å². The van der Waals surface area contributed by atoms with E-state index in [0.717, 1.165) is 32.1 Å². The monoisotopic (exact) mass is 254 g/mol. The van der Waals surface area contributed by atoms with Crippen LogP contribution in [0.1, 0.15) is 66.2 Å². The maximum absolute atomic E-state index is 12.3. The zero-order valence-electron chi connectivity index (χ0n) is 12.2. The lowest BCUT2D eigenvalue weighted by Crippen LogP contribution is -2.46. The van der Waals surface area contributed by atoms with Gasteiger partial charge in [-0.3, -0.25) is 0 Å². The Hall–Kier alpha value is -0.570. The van der Waals surface area contributed by atoms with Crippen molar-refractivity contribution in [2.45, 2.75) is 77.4 Å². The number of hydrogen-bond donors (Lipinski definition) is 0. The number of ether oxygens (including phenoxy) is 2. The van der Waals surface area contributed by atoms with Crippen LogP contribution in [0, 0.1) is 5.41 Å². The van der Waals surface area contributed by atoms with Crippen molar-refractivity contribution in [3.05, 3.63) is 0 Å². The standard InChI is InChI=1S/C15H26O3/c1-5-9-14(12(16)17-6-2)15(18-14)11-8-7-10-13(15,3)4/h5-11H2,1-4H3. The predicted molar refractivity (Wildman–Crippen MR) is 70.3 cm³/mol. The van der Waals surface area contributed by atoms with Crippen LogP contribution in [0.2, 0.25) is 0 Å². The highest BCUT2D eigenvalue weighted by Gasteiger charge is 2.79. The number of esters is 1. The van der Waals surface area contributed by atoms with Gasteiger partial charge >= 0.3 is 5.97 Å². The molecule has 18 heavy (non-hydrogen) atoms. The van der Waals surface area contributed by atoms with Gasteiger partial charge in [-0.15, -0.1) is 0 Å². The van der Waals surface area contributed by atoms with Gasteiger partial charge in [0, 0.05) is 0 Å². The average Bonchev–Trinajstić information content (AvgIpc) is 2.95. The zero-order chi connectivity index (χ0) is 13.4. The largest absolute Gasteiger partial charge is 0.464 e. The lowest BCUT2D eigenvalue weighted by atomic mass is 9.63. The summed E-state index contributed by atoms with van der Waals surface area (Å²) in [5, 5.41) is 0. The number of epoxide rings is 1. The first-order valence-corrected chi connectivity index (χ1v) is 7.33. The average molecular weight is 254 g/mol. The fraction of sp³-hybridized carbons (Fsp3) is 0.933. The van der Waals surface area contributed by atoms with Gasteiger partial charge < -0.3 is 9.47 Å². The Morgan fingerprint density at radius 1 is 1.22 bits per heavy atom.